The monoisotopic (exact) mass is 401 g/mol. The molecule has 3 aliphatic carbocycles. The first-order valence-corrected chi connectivity index (χ1v) is 11.2. The molecule has 1 N–H and O–H groups in total. The maximum atomic E-state index is 13.8. The minimum absolute atomic E-state index is 0.0996. The highest BCUT2D eigenvalue weighted by molar-refractivity contribution is 5.88. The number of amides is 1. The molecule has 29 heavy (non-hydrogen) atoms. The average molecular weight is 402 g/mol. The van der Waals surface area contributed by atoms with Crippen molar-refractivity contribution in [2.75, 3.05) is 0 Å². The van der Waals surface area contributed by atoms with Crippen LogP contribution in [0.25, 0.3) is 0 Å². The summed E-state index contributed by atoms with van der Waals surface area (Å²) in [6.45, 7) is 3.71. The second-order valence-corrected chi connectivity index (χ2v) is 9.48. The van der Waals surface area contributed by atoms with Crippen LogP contribution >= 0.6 is 0 Å². The molecule has 3 saturated carbocycles. The van der Waals surface area contributed by atoms with E-state index in [1.54, 1.807) is 19.1 Å². The van der Waals surface area contributed by atoms with Crippen LogP contribution in [0.4, 0.5) is 4.39 Å². The molecule has 4 rings (SSSR count). The van der Waals surface area contributed by atoms with Crippen LogP contribution in [0, 0.1) is 23.6 Å². The van der Waals surface area contributed by atoms with Gasteiger partial charge in [-0.2, -0.15) is 0 Å². The molecule has 5 heteroatoms. The summed E-state index contributed by atoms with van der Waals surface area (Å²) >= 11 is 0. The molecule has 4 nitrogen and oxygen atoms in total. The SMILES string of the molecule is C[C@H](NC(=O)[C@@H](C)OC(=O)C1(c2cccc(F)c2)CCCC1)[C@H]1C[C@@H]2CC[C@@H]1C2. The number of hydrogen-bond donors (Lipinski definition) is 1. The maximum Gasteiger partial charge on any atom is 0.317 e. The van der Waals surface area contributed by atoms with Crippen molar-refractivity contribution >= 4 is 11.9 Å². The number of carbonyl (C=O) groups excluding carboxylic acids is 2. The Morgan fingerprint density at radius 2 is 1.93 bits per heavy atom. The van der Waals surface area contributed by atoms with E-state index < -0.39 is 17.5 Å². The number of ether oxygens (including phenoxy) is 1. The van der Waals surface area contributed by atoms with E-state index in [-0.39, 0.29) is 17.8 Å². The summed E-state index contributed by atoms with van der Waals surface area (Å²) in [6, 6.07) is 6.32. The van der Waals surface area contributed by atoms with Crippen LogP contribution in [0.3, 0.4) is 0 Å². The number of fused-ring (bicyclic) bond motifs is 2. The van der Waals surface area contributed by atoms with Crippen LogP contribution in [-0.2, 0) is 19.7 Å². The number of benzene rings is 1. The highest BCUT2D eigenvalue weighted by atomic mass is 19.1. The predicted molar refractivity (Wildman–Crippen MR) is 109 cm³/mol. The van der Waals surface area contributed by atoms with Crippen LogP contribution < -0.4 is 5.32 Å². The lowest BCUT2D eigenvalue weighted by molar-refractivity contribution is -0.160. The average Bonchev–Trinajstić information content (AvgIpc) is 3.44. The molecule has 0 spiro atoms. The summed E-state index contributed by atoms with van der Waals surface area (Å²) in [5.74, 6) is 1.09. The number of rotatable bonds is 6. The van der Waals surface area contributed by atoms with E-state index in [1.807, 2.05) is 0 Å². The fraction of sp³-hybridized carbons (Fsp3) is 0.667. The molecule has 5 atom stereocenters. The van der Waals surface area contributed by atoms with Crippen LogP contribution in [0.2, 0.25) is 0 Å². The Balaban J connectivity index is 1.39. The lowest BCUT2D eigenvalue weighted by Crippen LogP contribution is -2.46. The number of halogens is 1. The standard InChI is InChI=1S/C24H32FNO3/c1-15(21-13-17-8-9-18(21)12-17)26-22(27)16(2)29-23(28)24(10-3-4-11-24)19-6-5-7-20(25)14-19/h5-7,14-18,21H,3-4,8-13H2,1-2H3,(H,26,27)/t15-,16+,17+,18+,21+/m0/s1. The topological polar surface area (TPSA) is 55.4 Å². The number of nitrogens with one attached hydrogen (secondary N) is 1. The Morgan fingerprint density at radius 3 is 2.55 bits per heavy atom. The molecule has 1 aromatic rings. The fourth-order valence-corrected chi connectivity index (χ4v) is 6.06. The maximum absolute atomic E-state index is 13.8. The molecule has 0 aromatic heterocycles. The molecular formula is C24H32FNO3. The van der Waals surface area contributed by atoms with Gasteiger partial charge in [0.1, 0.15) is 5.82 Å². The summed E-state index contributed by atoms with van der Waals surface area (Å²) < 4.78 is 19.4. The molecule has 0 radical (unpaired) electrons. The van der Waals surface area contributed by atoms with Gasteiger partial charge in [0.25, 0.3) is 5.91 Å². The van der Waals surface area contributed by atoms with E-state index in [4.69, 9.17) is 4.74 Å². The predicted octanol–water partition coefficient (Wildman–Crippen LogP) is 4.51. The number of carbonyl (C=O) groups is 2. The Bertz CT molecular complexity index is 773. The molecule has 0 saturated heterocycles. The van der Waals surface area contributed by atoms with Crippen molar-refractivity contribution in [2.24, 2.45) is 17.8 Å². The zero-order valence-corrected chi connectivity index (χ0v) is 17.5. The summed E-state index contributed by atoms with van der Waals surface area (Å²) in [4.78, 5) is 25.8. The van der Waals surface area contributed by atoms with E-state index in [0.717, 1.165) is 24.7 Å². The molecule has 1 aromatic carbocycles. The first-order valence-electron chi connectivity index (χ1n) is 11.2. The Morgan fingerprint density at radius 1 is 1.17 bits per heavy atom. The van der Waals surface area contributed by atoms with Gasteiger partial charge in [0.2, 0.25) is 0 Å². The van der Waals surface area contributed by atoms with Gasteiger partial charge in [0.05, 0.1) is 5.41 Å². The number of hydrogen-bond acceptors (Lipinski definition) is 3. The second kappa shape index (κ2) is 8.08. The summed E-state index contributed by atoms with van der Waals surface area (Å²) in [6.07, 6.45) is 7.30. The van der Waals surface area contributed by atoms with Crippen molar-refractivity contribution in [3.63, 3.8) is 0 Å². The largest absolute Gasteiger partial charge is 0.452 e. The van der Waals surface area contributed by atoms with Gasteiger partial charge in [-0.1, -0.05) is 31.4 Å². The van der Waals surface area contributed by atoms with Crippen molar-refractivity contribution in [1.82, 2.24) is 5.32 Å². The molecule has 0 unspecified atom stereocenters. The summed E-state index contributed by atoms with van der Waals surface area (Å²) in [5.41, 5.74) is -0.185. The van der Waals surface area contributed by atoms with E-state index in [9.17, 15) is 14.0 Å². The summed E-state index contributed by atoms with van der Waals surface area (Å²) in [5, 5.41) is 3.09. The Hall–Kier alpha value is -1.91. The van der Waals surface area contributed by atoms with Gasteiger partial charge in [-0.05, 0) is 81.4 Å². The van der Waals surface area contributed by atoms with Gasteiger partial charge >= 0.3 is 5.97 Å². The third kappa shape index (κ3) is 3.93. The van der Waals surface area contributed by atoms with Crippen molar-refractivity contribution in [1.29, 1.82) is 0 Å². The second-order valence-electron chi connectivity index (χ2n) is 9.48. The van der Waals surface area contributed by atoms with Gasteiger partial charge in [-0.3, -0.25) is 9.59 Å². The third-order valence-electron chi connectivity index (χ3n) is 7.68. The molecule has 3 fully saturated rings. The van der Waals surface area contributed by atoms with Crippen LogP contribution in [0.15, 0.2) is 24.3 Å². The quantitative estimate of drug-likeness (QED) is 0.714. The summed E-state index contributed by atoms with van der Waals surface area (Å²) in [7, 11) is 0. The first kappa shape index (κ1) is 20.4. The van der Waals surface area contributed by atoms with E-state index in [0.29, 0.717) is 24.3 Å². The van der Waals surface area contributed by atoms with Gasteiger partial charge < -0.3 is 10.1 Å². The minimum atomic E-state index is -0.852. The van der Waals surface area contributed by atoms with Gasteiger partial charge in [-0.15, -0.1) is 0 Å². The highest BCUT2D eigenvalue weighted by Gasteiger charge is 2.46. The fourth-order valence-electron chi connectivity index (χ4n) is 6.06. The van der Waals surface area contributed by atoms with Crippen molar-refractivity contribution in [3.05, 3.63) is 35.6 Å². The lowest BCUT2D eigenvalue weighted by atomic mass is 9.79. The molecule has 2 bridgehead atoms. The van der Waals surface area contributed by atoms with Gasteiger partial charge in [0.15, 0.2) is 6.10 Å². The first-order chi connectivity index (χ1) is 13.9. The smallest absolute Gasteiger partial charge is 0.317 e. The number of esters is 1. The molecule has 0 aliphatic heterocycles. The zero-order valence-electron chi connectivity index (χ0n) is 17.5. The third-order valence-corrected chi connectivity index (χ3v) is 7.68. The molecule has 0 heterocycles. The van der Waals surface area contributed by atoms with E-state index in [2.05, 4.69) is 12.2 Å². The zero-order chi connectivity index (χ0) is 20.6. The molecule has 3 aliphatic rings. The van der Waals surface area contributed by atoms with Crippen LogP contribution in [-0.4, -0.2) is 24.0 Å². The van der Waals surface area contributed by atoms with E-state index in [1.165, 1.54) is 37.8 Å². The van der Waals surface area contributed by atoms with Crippen molar-refractivity contribution in [3.8, 4) is 0 Å². The molecular weight excluding hydrogens is 369 g/mol. The van der Waals surface area contributed by atoms with Crippen LogP contribution in [0.1, 0.15) is 70.8 Å². The van der Waals surface area contributed by atoms with Crippen molar-refractivity contribution < 1.29 is 18.7 Å². The molecule has 158 valence electrons. The Labute approximate surface area is 172 Å². The normalized spacial score (nSPS) is 29.4. The highest BCUT2D eigenvalue weighted by Crippen LogP contribution is 2.49. The lowest BCUT2D eigenvalue weighted by Gasteiger charge is -2.31. The van der Waals surface area contributed by atoms with Crippen molar-refractivity contribution in [2.45, 2.75) is 82.8 Å². The minimum Gasteiger partial charge on any atom is -0.452 e. The van der Waals surface area contributed by atoms with Gasteiger partial charge in [-0.25, -0.2) is 4.39 Å². The molecule has 1 amide bonds. The van der Waals surface area contributed by atoms with Crippen LogP contribution in [0.5, 0.6) is 0 Å². The van der Waals surface area contributed by atoms with E-state index >= 15 is 0 Å². The Kier molecular flexibility index (Phi) is 5.67. The van der Waals surface area contributed by atoms with Gasteiger partial charge in [0, 0.05) is 6.04 Å².